The highest BCUT2D eigenvalue weighted by Crippen LogP contribution is 2.27. The number of carbonyl (C=O) groups is 1. The summed E-state index contributed by atoms with van der Waals surface area (Å²) in [5.41, 5.74) is 1.32. The third-order valence-corrected chi connectivity index (χ3v) is 4.61. The summed E-state index contributed by atoms with van der Waals surface area (Å²) in [6, 6.07) is 6.05. The number of nitro benzene ring substituents is 1. The average Bonchev–Trinajstić information content (AvgIpc) is 2.97. The molecule has 0 radical (unpaired) electrons. The molecule has 1 amide bonds. The van der Waals surface area contributed by atoms with E-state index in [2.05, 4.69) is 31.1 Å². The fourth-order valence-corrected chi connectivity index (χ4v) is 3.25. The minimum atomic E-state index is -0.470. The molecule has 0 unspecified atom stereocenters. The van der Waals surface area contributed by atoms with Crippen LogP contribution >= 0.6 is 11.3 Å². The van der Waals surface area contributed by atoms with Crippen molar-refractivity contribution in [1.82, 2.24) is 10.3 Å². The van der Waals surface area contributed by atoms with Crippen molar-refractivity contribution in [1.29, 1.82) is 0 Å². The van der Waals surface area contributed by atoms with Crippen LogP contribution < -0.4 is 5.32 Å². The predicted octanol–water partition coefficient (Wildman–Crippen LogP) is 3.77. The Labute approximate surface area is 145 Å². The summed E-state index contributed by atoms with van der Waals surface area (Å²) in [6.07, 6.45) is -0.0288. The molecule has 0 saturated carbocycles. The number of benzene rings is 1. The summed E-state index contributed by atoms with van der Waals surface area (Å²) in [7, 11) is 0. The Bertz CT molecular complexity index is 750. The van der Waals surface area contributed by atoms with E-state index in [4.69, 9.17) is 0 Å². The Balaban J connectivity index is 2.05. The summed E-state index contributed by atoms with van der Waals surface area (Å²) in [5, 5.41) is 16.7. The molecule has 128 valence electrons. The van der Waals surface area contributed by atoms with Gasteiger partial charge in [0.05, 0.1) is 23.1 Å². The van der Waals surface area contributed by atoms with Crippen LogP contribution in [0.15, 0.2) is 29.6 Å². The van der Waals surface area contributed by atoms with Gasteiger partial charge in [-0.15, -0.1) is 11.3 Å². The molecular weight excluding hydrogens is 326 g/mol. The van der Waals surface area contributed by atoms with Crippen molar-refractivity contribution >= 4 is 22.9 Å². The lowest BCUT2D eigenvalue weighted by atomic mass is 9.93. The molecule has 2 rings (SSSR count). The number of carbonyl (C=O) groups excluding carboxylic acids is 1. The zero-order valence-corrected chi connectivity index (χ0v) is 15.0. The van der Waals surface area contributed by atoms with Gasteiger partial charge in [-0.25, -0.2) is 4.98 Å². The van der Waals surface area contributed by atoms with Gasteiger partial charge in [0.2, 0.25) is 5.91 Å². The van der Waals surface area contributed by atoms with Crippen molar-refractivity contribution in [2.75, 3.05) is 0 Å². The number of aromatic nitrogens is 1. The second kappa shape index (κ2) is 7.09. The second-order valence-electron chi connectivity index (χ2n) is 6.67. The molecule has 0 fully saturated rings. The van der Waals surface area contributed by atoms with Gasteiger partial charge in [0, 0.05) is 22.4 Å². The molecule has 0 aliphatic rings. The van der Waals surface area contributed by atoms with E-state index in [1.807, 2.05) is 12.3 Å². The standard InChI is InChI=1S/C17H21N3O3S/c1-11(16-19-14(10-24-16)17(2,3)4)18-15(21)9-12-7-5-6-8-13(12)20(22)23/h5-8,10-11H,9H2,1-4H3,(H,18,21)/t11-/m0/s1. The number of para-hydroxylation sites is 1. The molecule has 0 bridgehead atoms. The summed E-state index contributed by atoms with van der Waals surface area (Å²) < 4.78 is 0. The number of nitro groups is 1. The fourth-order valence-electron chi connectivity index (χ4n) is 2.20. The maximum atomic E-state index is 12.2. The SMILES string of the molecule is C[C@H](NC(=O)Cc1ccccc1[N+](=O)[O-])c1nc(C(C)(C)C)cs1. The number of rotatable bonds is 5. The summed E-state index contributed by atoms with van der Waals surface area (Å²) in [6.45, 7) is 8.12. The Morgan fingerprint density at radius 1 is 1.38 bits per heavy atom. The first-order valence-corrected chi connectivity index (χ1v) is 8.54. The van der Waals surface area contributed by atoms with E-state index >= 15 is 0 Å². The highest BCUT2D eigenvalue weighted by atomic mass is 32.1. The fraction of sp³-hybridized carbons (Fsp3) is 0.412. The van der Waals surface area contributed by atoms with Crippen LogP contribution in [0, 0.1) is 10.1 Å². The van der Waals surface area contributed by atoms with E-state index in [1.165, 1.54) is 17.4 Å². The number of nitrogens with one attached hydrogen (secondary N) is 1. The van der Waals surface area contributed by atoms with E-state index in [0.29, 0.717) is 5.56 Å². The first kappa shape index (κ1) is 18.1. The van der Waals surface area contributed by atoms with Crippen molar-refractivity contribution in [3.05, 3.63) is 56.0 Å². The summed E-state index contributed by atoms with van der Waals surface area (Å²) in [5.74, 6) is -0.260. The first-order chi connectivity index (χ1) is 11.2. The van der Waals surface area contributed by atoms with Gasteiger partial charge in [0.25, 0.3) is 5.69 Å². The molecule has 1 heterocycles. The summed E-state index contributed by atoms with van der Waals surface area (Å²) >= 11 is 1.51. The van der Waals surface area contributed by atoms with Crippen molar-refractivity contribution < 1.29 is 9.72 Å². The highest BCUT2D eigenvalue weighted by molar-refractivity contribution is 7.09. The quantitative estimate of drug-likeness (QED) is 0.659. The molecule has 0 saturated heterocycles. The average molecular weight is 347 g/mol. The zero-order chi connectivity index (χ0) is 17.9. The molecule has 7 heteroatoms. The van der Waals surface area contributed by atoms with E-state index in [0.717, 1.165) is 10.7 Å². The van der Waals surface area contributed by atoms with Gasteiger partial charge < -0.3 is 5.32 Å². The Morgan fingerprint density at radius 3 is 2.62 bits per heavy atom. The van der Waals surface area contributed by atoms with Crippen LogP contribution in [0.5, 0.6) is 0 Å². The smallest absolute Gasteiger partial charge is 0.273 e. The largest absolute Gasteiger partial charge is 0.347 e. The Hall–Kier alpha value is -2.28. The van der Waals surface area contributed by atoms with Crippen molar-refractivity contribution in [3.63, 3.8) is 0 Å². The van der Waals surface area contributed by atoms with Gasteiger partial charge in [-0.3, -0.25) is 14.9 Å². The molecule has 0 spiro atoms. The van der Waals surface area contributed by atoms with Gasteiger partial charge in [0.15, 0.2) is 0 Å². The van der Waals surface area contributed by atoms with Crippen LogP contribution in [-0.4, -0.2) is 15.8 Å². The lowest BCUT2D eigenvalue weighted by Gasteiger charge is -2.15. The maximum absolute atomic E-state index is 12.2. The lowest BCUT2D eigenvalue weighted by molar-refractivity contribution is -0.385. The monoisotopic (exact) mass is 347 g/mol. The molecule has 1 N–H and O–H groups in total. The third kappa shape index (κ3) is 4.38. The van der Waals surface area contributed by atoms with Gasteiger partial charge >= 0.3 is 0 Å². The number of nitrogens with zero attached hydrogens (tertiary/aromatic N) is 2. The molecule has 1 aromatic heterocycles. The lowest BCUT2D eigenvalue weighted by Crippen LogP contribution is -2.28. The van der Waals surface area contributed by atoms with Gasteiger partial charge in [-0.05, 0) is 6.92 Å². The third-order valence-electron chi connectivity index (χ3n) is 3.58. The molecule has 1 atom stereocenters. The molecular formula is C17H21N3O3S. The number of hydrogen-bond acceptors (Lipinski definition) is 5. The minimum absolute atomic E-state index is 0.0288. The van der Waals surface area contributed by atoms with Gasteiger partial charge in [-0.2, -0.15) is 0 Å². The van der Waals surface area contributed by atoms with Crippen LogP contribution in [0.3, 0.4) is 0 Å². The van der Waals surface area contributed by atoms with E-state index in [9.17, 15) is 14.9 Å². The first-order valence-electron chi connectivity index (χ1n) is 7.66. The normalized spacial score (nSPS) is 12.7. The summed E-state index contributed by atoms with van der Waals surface area (Å²) in [4.78, 5) is 27.3. The van der Waals surface area contributed by atoms with Crippen molar-refractivity contribution in [3.8, 4) is 0 Å². The minimum Gasteiger partial charge on any atom is -0.347 e. The number of hydrogen-bond donors (Lipinski definition) is 1. The number of amides is 1. The number of thiazole rings is 1. The van der Waals surface area contributed by atoms with Crippen molar-refractivity contribution in [2.45, 2.75) is 45.6 Å². The van der Waals surface area contributed by atoms with Gasteiger partial charge in [-0.1, -0.05) is 39.0 Å². The van der Waals surface area contributed by atoms with E-state index < -0.39 is 4.92 Å². The van der Waals surface area contributed by atoms with Crippen molar-refractivity contribution in [2.24, 2.45) is 0 Å². The zero-order valence-electron chi connectivity index (χ0n) is 14.2. The molecule has 24 heavy (non-hydrogen) atoms. The van der Waals surface area contributed by atoms with Crippen LogP contribution in [0.4, 0.5) is 5.69 Å². The van der Waals surface area contributed by atoms with Crippen LogP contribution in [-0.2, 0) is 16.6 Å². The molecule has 0 aliphatic heterocycles. The topological polar surface area (TPSA) is 85.1 Å². The maximum Gasteiger partial charge on any atom is 0.273 e. The van der Waals surface area contributed by atoms with Crippen LogP contribution in [0.2, 0.25) is 0 Å². The predicted molar refractivity (Wildman–Crippen MR) is 94.2 cm³/mol. The molecule has 6 nitrogen and oxygen atoms in total. The van der Waals surface area contributed by atoms with Crippen LogP contribution in [0.25, 0.3) is 0 Å². The van der Waals surface area contributed by atoms with E-state index in [-0.39, 0.29) is 29.5 Å². The van der Waals surface area contributed by atoms with E-state index in [1.54, 1.807) is 18.2 Å². The Kier molecular flexibility index (Phi) is 5.33. The Morgan fingerprint density at radius 2 is 2.04 bits per heavy atom. The van der Waals surface area contributed by atoms with Crippen LogP contribution in [0.1, 0.15) is 50.0 Å². The molecule has 1 aromatic carbocycles. The molecule has 0 aliphatic carbocycles. The second-order valence-corrected chi connectivity index (χ2v) is 7.56. The van der Waals surface area contributed by atoms with Gasteiger partial charge in [0.1, 0.15) is 5.01 Å². The highest BCUT2D eigenvalue weighted by Gasteiger charge is 2.21. The molecule has 2 aromatic rings.